The van der Waals surface area contributed by atoms with Crippen LogP contribution in [0.2, 0.25) is 0 Å². The molecule has 23 heavy (non-hydrogen) atoms. The molecule has 3 rings (SSSR count). The van der Waals surface area contributed by atoms with Gasteiger partial charge in [-0.25, -0.2) is 4.79 Å². The third-order valence-corrected chi connectivity index (χ3v) is 4.28. The first-order chi connectivity index (χ1) is 11.0. The molecule has 2 amide bonds. The number of urea groups is 1. The maximum absolute atomic E-state index is 12.3. The molecule has 122 valence electrons. The molecule has 0 atom stereocenters. The van der Waals surface area contributed by atoms with E-state index in [4.69, 9.17) is 0 Å². The summed E-state index contributed by atoms with van der Waals surface area (Å²) in [6.07, 6.45) is 0. The van der Waals surface area contributed by atoms with E-state index in [0.717, 1.165) is 18.8 Å². The quantitative estimate of drug-likeness (QED) is 0.926. The number of aromatic nitrogens is 2. The fraction of sp³-hybridized carbons (Fsp3) is 0.412. The number of rotatable bonds is 2. The van der Waals surface area contributed by atoms with Gasteiger partial charge >= 0.3 is 6.03 Å². The van der Waals surface area contributed by atoms with Crippen molar-refractivity contribution in [2.75, 3.05) is 36.4 Å². The van der Waals surface area contributed by atoms with Crippen LogP contribution in [-0.4, -0.2) is 46.9 Å². The molecule has 2 heterocycles. The summed E-state index contributed by atoms with van der Waals surface area (Å²) in [7, 11) is 1.87. The van der Waals surface area contributed by atoms with E-state index >= 15 is 0 Å². The van der Waals surface area contributed by atoms with Crippen molar-refractivity contribution in [2.24, 2.45) is 7.05 Å². The minimum absolute atomic E-state index is 0.0769. The molecule has 1 N–H and O–H groups in total. The van der Waals surface area contributed by atoms with Crippen LogP contribution in [0, 0.1) is 13.8 Å². The molecular weight excluding hydrogens is 290 g/mol. The van der Waals surface area contributed by atoms with Crippen molar-refractivity contribution >= 4 is 17.5 Å². The highest BCUT2D eigenvalue weighted by Gasteiger charge is 2.22. The highest BCUT2D eigenvalue weighted by Crippen LogP contribution is 2.18. The average Bonchev–Trinajstić information content (AvgIpc) is 2.85. The van der Waals surface area contributed by atoms with E-state index < -0.39 is 0 Å². The van der Waals surface area contributed by atoms with Crippen LogP contribution in [0.25, 0.3) is 0 Å². The molecule has 1 aromatic heterocycles. The summed E-state index contributed by atoms with van der Waals surface area (Å²) in [5.41, 5.74) is 3.50. The van der Waals surface area contributed by atoms with E-state index in [-0.39, 0.29) is 6.03 Å². The first kappa shape index (κ1) is 15.4. The van der Waals surface area contributed by atoms with Gasteiger partial charge in [-0.05, 0) is 31.5 Å². The SMILES string of the molecule is Cc1cccc(N2CCN(C(=O)Nc3cc(C)n(C)n3)CC2)c1. The molecular formula is C17H23N5O. The van der Waals surface area contributed by atoms with Gasteiger partial charge in [0.25, 0.3) is 0 Å². The normalized spacial score (nSPS) is 14.9. The minimum Gasteiger partial charge on any atom is -0.368 e. The molecule has 1 aliphatic heterocycles. The zero-order chi connectivity index (χ0) is 16.4. The van der Waals surface area contributed by atoms with Crippen LogP contribution in [-0.2, 0) is 7.05 Å². The Labute approximate surface area is 136 Å². The second kappa shape index (κ2) is 6.32. The Morgan fingerprint density at radius 2 is 1.87 bits per heavy atom. The molecule has 6 heteroatoms. The fourth-order valence-corrected chi connectivity index (χ4v) is 2.80. The minimum atomic E-state index is -0.0769. The molecule has 0 saturated carbocycles. The molecule has 0 unspecified atom stereocenters. The van der Waals surface area contributed by atoms with E-state index in [9.17, 15) is 4.79 Å². The Bertz CT molecular complexity index is 681. The third kappa shape index (κ3) is 3.47. The standard InChI is InChI=1S/C17H23N5O/c1-13-5-4-6-15(11-13)21-7-9-22(10-8-21)17(23)18-16-12-14(2)20(3)19-16/h4-6,11-12H,7-10H2,1-3H3,(H,18,19,23). The Morgan fingerprint density at radius 1 is 1.13 bits per heavy atom. The smallest absolute Gasteiger partial charge is 0.323 e. The first-order valence-electron chi connectivity index (χ1n) is 7.91. The van der Waals surface area contributed by atoms with Crippen molar-refractivity contribution in [3.8, 4) is 0 Å². The van der Waals surface area contributed by atoms with E-state index in [1.165, 1.54) is 11.3 Å². The van der Waals surface area contributed by atoms with Gasteiger partial charge < -0.3 is 9.80 Å². The molecule has 2 aromatic rings. The van der Waals surface area contributed by atoms with Crippen LogP contribution in [0.3, 0.4) is 0 Å². The maximum Gasteiger partial charge on any atom is 0.323 e. The molecule has 1 fully saturated rings. The lowest BCUT2D eigenvalue weighted by Crippen LogP contribution is -2.50. The van der Waals surface area contributed by atoms with Gasteiger partial charge in [-0.2, -0.15) is 5.10 Å². The predicted octanol–water partition coefficient (Wildman–Crippen LogP) is 2.39. The average molecular weight is 313 g/mol. The zero-order valence-electron chi connectivity index (χ0n) is 13.9. The van der Waals surface area contributed by atoms with Crippen LogP contribution >= 0.6 is 0 Å². The van der Waals surface area contributed by atoms with Crippen molar-refractivity contribution in [3.63, 3.8) is 0 Å². The largest absolute Gasteiger partial charge is 0.368 e. The summed E-state index contributed by atoms with van der Waals surface area (Å²) in [6.45, 7) is 7.18. The number of carbonyl (C=O) groups excluding carboxylic acids is 1. The van der Waals surface area contributed by atoms with E-state index in [1.54, 1.807) is 4.68 Å². The summed E-state index contributed by atoms with van der Waals surface area (Å²) < 4.78 is 1.76. The van der Waals surface area contributed by atoms with Gasteiger partial charge in [0.05, 0.1) is 0 Å². The number of anilines is 2. The number of piperazine rings is 1. The van der Waals surface area contributed by atoms with E-state index in [0.29, 0.717) is 18.9 Å². The highest BCUT2D eigenvalue weighted by atomic mass is 16.2. The number of amides is 2. The molecule has 1 aliphatic rings. The molecule has 1 aromatic carbocycles. The van der Waals surface area contributed by atoms with Crippen LogP contribution in [0.4, 0.5) is 16.3 Å². The van der Waals surface area contributed by atoms with Gasteiger partial charge in [-0.3, -0.25) is 10.00 Å². The first-order valence-corrected chi connectivity index (χ1v) is 7.91. The number of benzene rings is 1. The van der Waals surface area contributed by atoms with Crippen LogP contribution in [0.1, 0.15) is 11.3 Å². The Morgan fingerprint density at radius 3 is 2.48 bits per heavy atom. The van der Waals surface area contributed by atoms with Gasteiger partial charge in [-0.1, -0.05) is 12.1 Å². The Hall–Kier alpha value is -2.50. The van der Waals surface area contributed by atoms with Gasteiger partial charge in [0.15, 0.2) is 5.82 Å². The molecule has 1 saturated heterocycles. The number of hydrogen-bond donors (Lipinski definition) is 1. The summed E-state index contributed by atoms with van der Waals surface area (Å²) >= 11 is 0. The predicted molar refractivity (Wildman–Crippen MR) is 91.9 cm³/mol. The summed E-state index contributed by atoms with van der Waals surface area (Å²) in [5.74, 6) is 0.608. The zero-order valence-corrected chi connectivity index (χ0v) is 13.9. The highest BCUT2D eigenvalue weighted by molar-refractivity contribution is 5.88. The van der Waals surface area contributed by atoms with Crippen molar-refractivity contribution in [3.05, 3.63) is 41.6 Å². The lowest BCUT2D eigenvalue weighted by molar-refractivity contribution is 0.208. The Balaban J connectivity index is 1.57. The molecule has 6 nitrogen and oxygen atoms in total. The topological polar surface area (TPSA) is 53.4 Å². The van der Waals surface area contributed by atoms with Crippen molar-refractivity contribution < 1.29 is 4.79 Å². The fourth-order valence-electron chi connectivity index (χ4n) is 2.80. The lowest BCUT2D eigenvalue weighted by atomic mass is 10.2. The van der Waals surface area contributed by atoms with Gasteiger partial charge in [-0.15, -0.1) is 0 Å². The van der Waals surface area contributed by atoms with Crippen LogP contribution < -0.4 is 10.2 Å². The van der Waals surface area contributed by atoms with Gasteiger partial charge in [0, 0.05) is 50.7 Å². The lowest BCUT2D eigenvalue weighted by Gasteiger charge is -2.36. The van der Waals surface area contributed by atoms with Gasteiger partial charge in [0.1, 0.15) is 0 Å². The monoisotopic (exact) mass is 313 g/mol. The molecule has 0 aliphatic carbocycles. The second-order valence-electron chi connectivity index (χ2n) is 6.04. The van der Waals surface area contributed by atoms with Crippen LogP contribution in [0.15, 0.2) is 30.3 Å². The summed E-state index contributed by atoms with van der Waals surface area (Å²) in [6, 6.07) is 10.3. The Kier molecular flexibility index (Phi) is 4.23. The molecule has 0 bridgehead atoms. The van der Waals surface area contributed by atoms with Crippen molar-refractivity contribution in [2.45, 2.75) is 13.8 Å². The van der Waals surface area contributed by atoms with Crippen molar-refractivity contribution in [1.82, 2.24) is 14.7 Å². The number of nitrogens with one attached hydrogen (secondary N) is 1. The number of nitrogens with zero attached hydrogens (tertiary/aromatic N) is 4. The van der Waals surface area contributed by atoms with Crippen LogP contribution in [0.5, 0.6) is 0 Å². The number of aryl methyl sites for hydroxylation is 3. The molecule has 0 spiro atoms. The third-order valence-electron chi connectivity index (χ3n) is 4.28. The second-order valence-corrected chi connectivity index (χ2v) is 6.04. The molecule has 0 radical (unpaired) electrons. The van der Waals surface area contributed by atoms with E-state index in [1.807, 2.05) is 24.9 Å². The van der Waals surface area contributed by atoms with E-state index in [2.05, 4.69) is 46.5 Å². The summed E-state index contributed by atoms with van der Waals surface area (Å²) in [4.78, 5) is 16.5. The number of carbonyl (C=O) groups is 1. The van der Waals surface area contributed by atoms with Gasteiger partial charge in [0.2, 0.25) is 0 Å². The number of hydrogen-bond acceptors (Lipinski definition) is 3. The van der Waals surface area contributed by atoms with Crippen molar-refractivity contribution in [1.29, 1.82) is 0 Å². The summed E-state index contributed by atoms with van der Waals surface area (Å²) in [5, 5.41) is 7.14. The maximum atomic E-state index is 12.3.